The minimum absolute atomic E-state index is 0.385. The summed E-state index contributed by atoms with van der Waals surface area (Å²) in [4.78, 5) is 16.2. The zero-order valence-electron chi connectivity index (χ0n) is 11.8. The highest BCUT2D eigenvalue weighted by Crippen LogP contribution is 2.20. The van der Waals surface area contributed by atoms with E-state index in [-0.39, 0.29) is 0 Å². The molecule has 1 unspecified atom stereocenters. The first kappa shape index (κ1) is 13.6. The van der Waals surface area contributed by atoms with Gasteiger partial charge in [-0.3, -0.25) is 0 Å². The van der Waals surface area contributed by atoms with E-state index in [2.05, 4.69) is 44.4 Å². The minimum Gasteiger partial charge on any atom is -0.366 e. The van der Waals surface area contributed by atoms with Crippen LogP contribution < -0.4 is 10.6 Å². The van der Waals surface area contributed by atoms with Crippen LogP contribution in [0.5, 0.6) is 0 Å². The maximum Gasteiger partial charge on any atom is 0.226 e. The molecule has 0 fully saturated rings. The van der Waals surface area contributed by atoms with E-state index in [9.17, 15) is 0 Å². The molecule has 0 saturated carbocycles. The predicted octanol–water partition coefficient (Wildman–Crippen LogP) is 2.78. The van der Waals surface area contributed by atoms with Crippen LogP contribution in [0.2, 0.25) is 0 Å². The topological polar surface area (TPSA) is 78.5 Å². The Labute approximate surface area is 113 Å². The summed E-state index contributed by atoms with van der Waals surface area (Å²) in [6, 6.07) is 0.385. The van der Waals surface area contributed by atoms with Crippen molar-refractivity contribution in [3.05, 3.63) is 6.33 Å². The number of nitrogens with zero attached hydrogens (tertiary/aromatic N) is 3. The maximum atomic E-state index is 4.51. The first-order valence-electron chi connectivity index (χ1n) is 6.96. The van der Waals surface area contributed by atoms with Gasteiger partial charge in [-0.05, 0) is 20.3 Å². The van der Waals surface area contributed by atoms with Gasteiger partial charge in [0, 0.05) is 12.6 Å². The maximum absolute atomic E-state index is 4.51. The van der Waals surface area contributed by atoms with Gasteiger partial charge in [-0.15, -0.1) is 0 Å². The first-order valence-corrected chi connectivity index (χ1v) is 6.96. The van der Waals surface area contributed by atoms with Crippen molar-refractivity contribution < 1.29 is 0 Å². The molecule has 0 aliphatic rings. The Morgan fingerprint density at radius 2 is 2.16 bits per heavy atom. The number of fused-ring (bicyclic) bond motifs is 1. The van der Waals surface area contributed by atoms with Gasteiger partial charge in [0.1, 0.15) is 5.52 Å². The van der Waals surface area contributed by atoms with Crippen LogP contribution >= 0.6 is 0 Å². The summed E-state index contributed by atoms with van der Waals surface area (Å²) in [5, 5.41) is 6.57. The molecule has 104 valence electrons. The Kier molecular flexibility index (Phi) is 4.54. The number of aromatic amines is 1. The van der Waals surface area contributed by atoms with Gasteiger partial charge in [-0.25, -0.2) is 4.98 Å². The first-order chi connectivity index (χ1) is 9.24. The van der Waals surface area contributed by atoms with E-state index in [1.807, 2.05) is 6.92 Å². The fourth-order valence-electron chi connectivity index (χ4n) is 1.99. The lowest BCUT2D eigenvalue weighted by atomic mass is 10.1. The molecule has 0 aliphatic heterocycles. The molecule has 3 N–H and O–H groups in total. The van der Waals surface area contributed by atoms with Gasteiger partial charge in [0.15, 0.2) is 11.5 Å². The number of unbranched alkanes of at least 4 members (excludes halogenated alkanes) is 1. The Bertz CT molecular complexity index is 521. The molecule has 2 heterocycles. The van der Waals surface area contributed by atoms with Crippen LogP contribution in [0.4, 0.5) is 11.8 Å². The van der Waals surface area contributed by atoms with Gasteiger partial charge < -0.3 is 15.6 Å². The summed E-state index contributed by atoms with van der Waals surface area (Å²) < 4.78 is 0. The summed E-state index contributed by atoms with van der Waals surface area (Å²) in [6.07, 6.45) is 5.20. The van der Waals surface area contributed by atoms with Crippen LogP contribution in [0.1, 0.15) is 40.0 Å². The Morgan fingerprint density at radius 3 is 2.89 bits per heavy atom. The third kappa shape index (κ3) is 3.33. The second-order valence-electron chi connectivity index (χ2n) is 4.71. The van der Waals surface area contributed by atoms with Crippen LogP contribution in [0, 0.1) is 0 Å². The number of hydrogen-bond donors (Lipinski definition) is 3. The average Bonchev–Trinajstić information content (AvgIpc) is 2.85. The molecule has 2 aromatic rings. The van der Waals surface area contributed by atoms with E-state index >= 15 is 0 Å². The minimum atomic E-state index is 0.385. The lowest BCUT2D eigenvalue weighted by Gasteiger charge is -2.15. The summed E-state index contributed by atoms with van der Waals surface area (Å²) in [5.41, 5.74) is 1.56. The molecule has 6 nitrogen and oxygen atoms in total. The van der Waals surface area contributed by atoms with Crippen LogP contribution in [0.25, 0.3) is 11.2 Å². The quantitative estimate of drug-likeness (QED) is 0.715. The molecule has 19 heavy (non-hydrogen) atoms. The van der Waals surface area contributed by atoms with E-state index in [0.717, 1.165) is 24.3 Å². The third-order valence-corrected chi connectivity index (χ3v) is 2.99. The average molecular weight is 262 g/mol. The number of imidazole rings is 1. The van der Waals surface area contributed by atoms with Gasteiger partial charge in [0.2, 0.25) is 5.95 Å². The van der Waals surface area contributed by atoms with Crippen molar-refractivity contribution in [3.63, 3.8) is 0 Å². The predicted molar refractivity (Wildman–Crippen MR) is 78.5 cm³/mol. The monoisotopic (exact) mass is 262 g/mol. The lowest BCUT2D eigenvalue weighted by Crippen LogP contribution is -2.17. The smallest absolute Gasteiger partial charge is 0.226 e. The fourth-order valence-corrected chi connectivity index (χ4v) is 1.99. The van der Waals surface area contributed by atoms with Gasteiger partial charge in [-0.1, -0.05) is 19.8 Å². The molecule has 0 aliphatic carbocycles. The van der Waals surface area contributed by atoms with Crippen molar-refractivity contribution >= 4 is 22.9 Å². The molecule has 2 aromatic heterocycles. The standard InChI is InChI=1S/C13H22N6/c1-4-6-7-9(3)17-12-10-11(16-8-15-10)18-13(19-12)14-5-2/h8-9H,4-7H2,1-3H3,(H3,14,15,16,17,18,19). The molecule has 6 heteroatoms. The summed E-state index contributed by atoms with van der Waals surface area (Å²) in [7, 11) is 0. The SMILES string of the molecule is CCCCC(C)Nc1nc(NCC)nc2nc[nH]c12. The van der Waals surface area contributed by atoms with Gasteiger partial charge in [0.05, 0.1) is 6.33 Å². The molecule has 0 saturated heterocycles. The van der Waals surface area contributed by atoms with Crippen LogP contribution in [0.3, 0.4) is 0 Å². The normalized spacial score (nSPS) is 12.6. The van der Waals surface area contributed by atoms with Crippen LogP contribution in [-0.2, 0) is 0 Å². The van der Waals surface area contributed by atoms with E-state index < -0.39 is 0 Å². The Balaban J connectivity index is 2.21. The summed E-state index contributed by atoms with van der Waals surface area (Å²) in [6.45, 7) is 7.19. The van der Waals surface area contributed by atoms with Crippen LogP contribution in [-0.4, -0.2) is 32.5 Å². The summed E-state index contributed by atoms with van der Waals surface area (Å²) >= 11 is 0. The number of nitrogens with one attached hydrogen (secondary N) is 3. The van der Waals surface area contributed by atoms with E-state index in [4.69, 9.17) is 0 Å². The van der Waals surface area contributed by atoms with Gasteiger partial charge >= 0.3 is 0 Å². The number of rotatable bonds is 7. The van der Waals surface area contributed by atoms with Gasteiger partial charge in [-0.2, -0.15) is 9.97 Å². The molecule has 0 aromatic carbocycles. The molecule has 2 rings (SSSR count). The van der Waals surface area contributed by atoms with Gasteiger partial charge in [0.25, 0.3) is 0 Å². The largest absolute Gasteiger partial charge is 0.366 e. The second-order valence-corrected chi connectivity index (χ2v) is 4.71. The number of aromatic nitrogens is 4. The number of hydrogen-bond acceptors (Lipinski definition) is 5. The highest BCUT2D eigenvalue weighted by Gasteiger charge is 2.11. The molecule has 0 bridgehead atoms. The van der Waals surface area contributed by atoms with Crippen molar-refractivity contribution in [2.45, 2.75) is 46.1 Å². The Hall–Kier alpha value is -1.85. The highest BCUT2D eigenvalue weighted by molar-refractivity contribution is 5.83. The highest BCUT2D eigenvalue weighted by atomic mass is 15.2. The molecular formula is C13H22N6. The number of H-pyrrole nitrogens is 1. The molecule has 1 atom stereocenters. The van der Waals surface area contributed by atoms with Crippen LogP contribution in [0.15, 0.2) is 6.33 Å². The molecule has 0 amide bonds. The van der Waals surface area contributed by atoms with E-state index in [1.54, 1.807) is 6.33 Å². The van der Waals surface area contributed by atoms with Crippen molar-refractivity contribution in [1.82, 2.24) is 19.9 Å². The molecule has 0 radical (unpaired) electrons. The van der Waals surface area contributed by atoms with Crippen molar-refractivity contribution in [2.24, 2.45) is 0 Å². The van der Waals surface area contributed by atoms with E-state index in [0.29, 0.717) is 17.6 Å². The fraction of sp³-hybridized carbons (Fsp3) is 0.615. The van der Waals surface area contributed by atoms with E-state index in [1.165, 1.54) is 12.8 Å². The second kappa shape index (κ2) is 6.36. The van der Waals surface area contributed by atoms with Crippen molar-refractivity contribution in [2.75, 3.05) is 17.2 Å². The molecular weight excluding hydrogens is 240 g/mol. The lowest BCUT2D eigenvalue weighted by molar-refractivity contribution is 0.643. The summed E-state index contributed by atoms with van der Waals surface area (Å²) in [5.74, 6) is 1.44. The Morgan fingerprint density at radius 1 is 1.32 bits per heavy atom. The zero-order valence-corrected chi connectivity index (χ0v) is 11.8. The molecule has 0 spiro atoms. The number of anilines is 2. The third-order valence-electron chi connectivity index (χ3n) is 2.99. The van der Waals surface area contributed by atoms with Crippen molar-refractivity contribution in [1.29, 1.82) is 0 Å². The zero-order chi connectivity index (χ0) is 13.7. The van der Waals surface area contributed by atoms with Crippen molar-refractivity contribution in [3.8, 4) is 0 Å².